The summed E-state index contributed by atoms with van der Waals surface area (Å²) in [4.78, 5) is 18.6. The van der Waals surface area contributed by atoms with Crippen LogP contribution >= 0.6 is 0 Å². The molecule has 21 heteroatoms. The number of rotatable bonds is 10. The Morgan fingerprint density at radius 3 is 2.39 bits per heavy atom. The SMILES string of the molecule is Cn1cc(S(=O)(=O)Nc2nn(C)c3c(-c4ccc(C#CC(C)(C)O)nc4C(Cc4cc(F)cc(F)c4)NC(=O)Cn4nc(C(F)(F)F)c5c4C(F)(F)C4CCC54)cccc23)cn1. The summed E-state index contributed by atoms with van der Waals surface area (Å²) in [5.41, 5.74) is -3.62. The minimum Gasteiger partial charge on any atom is -0.378 e. The molecule has 0 spiro atoms. The molecule has 3 N–H and O–H groups in total. The number of hydrogen-bond acceptors (Lipinski definition) is 8. The van der Waals surface area contributed by atoms with Gasteiger partial charge in [0.2, 0.25) is 5.91 Å². The molecule has 0 bridgehead atoms. The van der Waals surface area contributed by atoms with Crippen molar-refractivity contribution in [3.05, 3.63) is 106 Å². The van der Waals surface area contributed by atoms with Crippen molar-refractivity contribution in [3.63, 3.8) is 0 Å². The van der Waals surface area contributed by atoms with Crippen molar-refractivity contribution in [1.29, 1.82) is 0 Å². The van der Waals surface area contributed by atoms with E-state index in [2.05, 4.69) is 37.2 Å². The second-order valence-electron chi connectivity index (χ2n) is 15.8. The lowest BCUT2D eigenvalue weighted by Crippen LogP contribution is -2.36. The van der Waals surface area contributed by atoms with Crippen LogP contribution in [0.3, 0.4) is 0 Å². The lowest BCUT2D eigenvalue weighted by atomic mass is 9.73. The number of hydrogen-bond donors (Lipinski definition) is 3. The number of halogens is 7. The number of fused-ring (bicyclic) bond motifs is 4. The number of alkyl halides is 5. The normalized spacial score (nSPS) is 17.5. The van der Waals surface area contributed by atoms with Crippen molar-refractivity contribution in [3.8, 4) is 23.0 Å². The van der Waals surface area contributed by atoms with Gasteiger partial charge in [0.25, 0.3) is 15.9 Å². The number of aliphatic hydroxyl groups is 1. The van der Waals surface area contributed by atoms with E-state index in [0.29, 0.717) is 27.2 Å². The molecule has 3 atom stereocenters. The molecule has 4 heterocycles. The van der Waals surface area contributed by atoms with Gasteiger partial charge in [-0.25, -0.2) is 22.2 Å². The van der Waals surface area contributed by atoms with Gasteiger partial charge in [-0.2, -0.15) is 37.2 Å². The standard InChI is InChI=1S/C41H36F7N9O4S/c1-39(2,59)13-12-24-8-9-26(27-6-5-7-29-35(27)56(4)53-38(29)54-62(60,61)25-18-49-55(3)19-25)34(50-24)31(16-21-14-22(42)17-23(43)15-21)51-32(58)20-57-37-33(36(52-57)41(46,47)48)28-10-11-30(28)40(37,44)45/h5-9,14-15,17-19,28,30-31,59H,10-11,16,20H2,1-4H3,(H,51,58)(H,53,54). The first-order chi connectivity index (χ1) is 29.0. The lowest BCUT2D eigenvalue weighted by Gasteiger charge is -2.34. The van der Waals surface area contributed by atoms with E-state index in [0.717, 1.165) is 18.3 Å². The first-order valence-electron chi connectivity index (χ1n) is 19.0. The molecule has 4 aromatic heterocycles. The summed E-state index contributed by atoms with van der Waals surface area (Å²) in [5.74, 6) is -3.86. The van der Waals surface area contributed by atoms with E-state index in [1.165, 1.54) is 35.5 Å². The van der Waals surface area contributed by atoms with Gasteiger partial charge >= 0.3 is 6.18 Å². The highest BCUT2D eigenvalue weighted by Gasteiger charge is 2.63. The largest absolute Gasteiger partial charge is 0.435 e. The number of aromatic nitrogens is 7. The molecule has 13 nitrogen and oxygen atoms in total. The Kier molecular flexibility index (Phi) is 10.2. The fourth-order valence-electron chi connectivity index (χ4n) is 8.12. The summed E-state index contributed by atoms with van der Waals surface area (Å²) in [6.45, 7) is 1.75. The van der Waals surface area contributed by atoms with E-state index < -0.39 is 93.1 Å². The van der Waals surface area contributed by atoms with Gasteiger partial charge in [0.05, 0.1) is 23.4 Å². The Labute approximate surface area is 349 Å². The lowest BCUT2D eigenvalue weighted by molar-refractivity contribution is -0.144. The van der Waals surface area contributed by atoms with Gasteiger partial charge in [-0.15, -0.1) is 0 Å². The van der Waals surface area contributed by atoms with Crippen LogP contribution in [0.1, 0.15) is 72.6 Å². The summed E-state index contributed by atoms with van der Waals surface area (Å²) in [6.07, 6.45) is -2.95. The molecular formula is C41H36F7N9O4S. The van der Waals surface area contributed by atoms with E-state index in [-0.39, 0.29) is 46.1 Å². The smallest absolute Gasteiger partial charge is 0.378 e. The van der Waals surface area contributed by atoms with Crippen molar-refractivity contribution in [2.45, 2.75) is 74.2 Å². The number of benzene rings is 2. The Balaban J connectivity index is 1.26. The van der Waals surface area contributed by atoms with Gasteiger partial charge < -0.3 is 10.4 Å². The molecule has 0 radical (unpaired) electrons. The van der Waals surface area contributed by atoms with Gasteiger partial charge in [-0.1, -0.05) is 18.1 Å². The zero-order valence-electron chi connectivity index (χ0n) is 33.2. The number of carbonyl (C=O) groups excluding carboxylic acids is 1. The van der Waals surface area contributed by atoms with E-state index in [1.807, 2.05) is 0 Å². The fraction of sp³-hybridized carbons (Fsp3) is 0.341. The van der Waals surface area contributed by atoms with Crippen molar-refractivity contribution in [2.24, 2.45) is 20.0 Å². The predicted octanol–water partition coefficient (Wildman–Crippen LogP) is 6.48. The number of para-hydroxylation sites is 1. The first-order valence-corrected chi connectivity index (χ1v) is 20.5. The molecule has 2 aromatic carbocycles. The fourth-order valence-corrected chi connectivity index (χ4v) is 9.12. The van der Waals surface area contributed by atoms with Crippen molar-refractivity contribution in [1.82, 2.24) is 39.6 Å². The number of nitrogens with one attached hydrogen (secondary N) is 2. The maximum absolute atomic E-state index is 15.7. The molecule has 2 aliphatic carbocycles. The maximum Gasteiger partial charge on any atom is 0.435 e. The molecule has 8 rings (SSSR count). The van der Waals surface area contributed by atoms with E-state index in [9.17, 15) is 40.3 Å². The molecular weight excluding hydrogens is 848 g/mol. The second-order valence-corrected chi connectivity index (χ2v) is 17.5. The predicted molar refractivity (Wildman–Crippen MR) is 209 cm³/mol. The topological polar surface area (TPSA) is 162 Å². The van der Waals surface area contributed by atoms with E-state index in [1.54, 1.807) is 38.4 Å². The molecule has 1 amide bonds. The third kappa shape index (κ3) is 7.88. The van der Waals surface area contributed by atoms with Crippen LogP contribution < -0.4 is 10.0 Å². The Bertz CT molecular complexity index is 2940. The average molecular weight is 884 g/mol. The number of sulfonamides is 1. The zero-order valence-corrected chi connectivity index (χ0v) is 34.0. The third-order valence-electron chi connectivity index (χ3n) is 10.8. The quantitative estimate of drug-likeness (QED) is 0.104. The van der Waals surface area contributed by atoms with Crippen LogP contribution in [0.4, 0.5) is 36.6 Å². The van der Waals surface area contributed by atoms with E-state index >= 15 is 8.78 Å². The molecule has 6 aromatic rings. The van der Waals surface area contributed by atoms with Gasteiger partial charge in [-0.05, 0) is 80.8 Å². The number of aryl methyl sites for hydroxylation is 2. The third-order valence-corrected chi connectivity index (χ3v) is 12.1. The van der Waals surface area contributed by atoms with Crippen molar-refractivity contribution in [2.75, 3.05) is 4.72 Å². The van der Waals surface area contributed by atoms with Crippen LogP contribution in [0.25, 0.3) is 22.0 Å². The maximum atomic E-state index is 15.7. The van der Waals surface area contributed by atoms with E-state index in [4.69, 9.17) is 4.98 Å². The average Bonchev–Trinajstić information content (AvgIpc) is 3.87. The Morgan fingerprint density at radius 1 is 1.03 bits per heavy atom. The zero-order chi connectivity index (χ0) is 44.7. The monoisotopic (exact) mass is 883 g/mol. The number of carbonyl (C=O) groups is 1. The van der Waals surface area contributed by atoms with Crippen LogP contribution in [-0.4, -0.2) is 59.4 Å². The van der Waals surface area contributed by atoms with Gasteiger partial charge in [0.1, 0.15) is 40.1 Å². The van der Waals surface area contributed by atoms with Crippen LogP contribution in [0.15, 0.2) is 65.8 Å². The van der Waals surface area contributed by atoms with Crippen molar-refractivity contribution >= 4 is 32.7 Å². The van der Waals surface area contributed by atoms with Crippen LogP contribution in [0, 0.1) is 29.4 Å². The van der Waals surface area contributed by atoms with Crippen LogP contribution in [0.5, 0.6) is 0 Å². The molecule has 0 aliphatic heterocycles. The van der Waals surface area contributed by atoms with Crippen molar-refractivity contribution < 1.29 is 49.1 Å². The molecule has 1 saturated carbocycles. The molecule has 2 aliphatic rings. The first kappa shape index (κ1) is 42.4. The molecule has 3 unspecified atom stereocenters. The summed E-state index contributed by atoms with van der Waals surface area (Å²) in [7, 11) is -1.09. The summed E-state index contributed by atoms with van der Waals surface area (Å²) < 4.78 is 136. The van der Waals surface area contributed by atoms with Crippen LogP contribution in [-0.2, 0) is 54.0 Å². The molecule has 324 valence electrons. The summed E-state index contributed by atoms with van der Waals surface area (Å²) in [5, 5.41) is 25.2. The number of nitrogens with zero attached hydrogens (tertiary/aromatic N) is 7. The minimum absolute atomic E-state index is 0.00168. The molecule has 1 fully saturated rings. The highest BCUT2D eigenvalue weighted by atomic mass is 32.2. The second kappa shape index (κ2) is 15.0. The Morgan fingerprint density at radius 2 is 1.76 bits per heavy atom. The summed E-state index contributed by atoms with van der Waals surface area (Å²) in [6, 6.07) is 9.08. The van der Waals surface area contributed by atoms with Crippen LogP contribution in [0.2, 0.25) is 0 Å². The highest BCUT2D eigenvalue weighted by Crippen LogP contribution is 2.64. The molecule has 62 heavy (non-hydrogen) atoms. The Hall–Kier alpha value is -6.27. The summed E-state index contributed by atoms with van der Waals surface area (Å²) >= 11 is 0. The number of anilines is 1. The molecule has 0 saturated heterocycles. The van der Waals surface area contributed by atoms with Gasteiger partial charge in [0, 0.05) is 54.4 Å². The minimum atomic E-state index is -5.09. The number of pyridine rings is 1. The van der Waals surface area contributed by atoms with Gasteiger partial charge in [-0.3, -0.25) is 23.6 Å². The highest BCUT2D eigenvalue weighted by molar-refractivity contribution is 7.92. The van der Waals surface area contributed by atoms with Gasteiger partial charge in [0.15, 0.2) is 11.5 Å². The number of amides is 1.